The highest BCUT2D eigenvalue weighted by Crippen LogP contribution is 2.32. The minimum atomic E-state index is 0.000665. The van der Waals surface area contributed by atoms with Crippen molar-refractivity contribution in [2.75, 3.05) is 11.7 Å². The molecule has 0 aliphatic carbocycles. The molecule has 5 heteroatoms. The molecule has 5 nitrogen and oxygen atoms in total. The monoisotopic (exact) mass is 346 g/mol. The van der Waals surface area contributed by atoms with E-state index >= 15 is 0 Å². The lowest BCUT2D eigenvalue weighted by molar-refractivity contribution is -0.118. The molecule has 2 heterocycles. The van der Waals surface area contributed by atoms with Gasteiger partial charge in [0, 0.05) is 11.9 Å². The first-order chi connectivity index (χ1) is 12.8. The number of carbonyl (C=O) groups is 1. The van der Waals surface area contributed by atoms with Crippen LogP contribution < -0.4 is 14.4 Å². The van der Waals surface area contributed by atoms with E-state index in [-0.39, 0.29) is 19.1 Å². The van der Waals surface area contributed by atoms with Crippen LogP contribution in [0.25, 0.3) is 0 Å². The predicted octanol–water partition coefficient (Wildman–Crippen LogP) is 3.59. The standard InChI is InChI=1S/C21H18N2O3/c24-21(13-16-9-10-19-20(12-16)26-15-25-19)23(18-7-2-1-3-8-18)14-17-6-4-5-11-22-17/h1-12H,13-15H2. The van der Waals surface area contributed by atoms with Gasteiger partial charge >= 0.3 is 0 Å². The number of hydrogen-bond donors (Lipinski definition) is 0. The van der Waals surface area contributed by atoms with Gasteiger partial charge in [0.05, 0.1) is 18.7 Å². The van der Waals surface area contributed by atoms with Gasteiger partial charge in [-0.15, -0.1) is 0 Å². The van der Waals surface area contributed by atoms with Crippen LogP contribution in [-0.4, -0.2) is 17.7 Å². The lowest BCUT2D eigenvalue weighted by Crippen LogP contribution is -2.32. The molecule has 1 aliphatic heterocycles. The van der Waals surface area contributed by atoms with Crippen LogP contribution in [0.3, 0.4) is 0 Å². The highest BCUT2D eigenvalue weighted by molar-refractivity contribution is 5.94. The highest BCUT2D eigenvalue weighted by Gasteiger charge is 2.19. The maximum absolute atomic E-state index is 13.0. The maximum Gasteiger partial charge on any atom is 0.231 e. The number of hydrogen-bond acceptors (Lipinski definition) is 4. The Morgan fingerprint density at radius 3 is 2.58 bits per heavy atom. The Labute approximate surface area is 151 Å². The van der Waals surface area contributed by atoms with Gasteiger partial charge in [-0.1, -0.05) is 30.3 Å². The lowest BCUT2D eigenvalue weighted by Gasteiger charge is -2.22. The minimum absolute atomic E-state index is 0.000665. The summed E-state index contributed by atoms with van der Waals surface area (Å²) in [4.78, 5) is 19.2. The Bertz CT molecular complexity index is 898. The number of rotatable bonds is 5. The summed E-state index contributed by atoms with van der Waals surface area (Å²) in [6.07, 6.45) is 2.01. The molecule has 1 aromatic heterocycles. The maximum atomic E-state index is 13.0. The predicted molar refractivity (Wildman–Crippen MR) is 98.1 cm³/mol. The second-order valence-electron chi connectivity index (χ2n) is 6.00. The average Bonchev–Trinajstić information content (AvgIpc) is 3.15. The van der Waals surface area contributed by atoms with Crippen molar-refractivity contribution >= 4 is 11.6 Å². The van der Waals surface area contributed by atoms with Crippen molar-refractivity contribution in [2.24, 2.45) is 0 Å². The van der Waals surface area contributed by atoms with Gasteiger partial charge in [-0.2, -0.15) is 0 Å². The Hall–Kier alpha value is -3.34. The summed E-state index contributed by atoms with van der Waals surface area (Å²) in [5, 5.41) is 0. The molecule has 130 valence electrons. The molecular weight excluding hydrogens is 328 g/mol. The van der Waals surface area contributed by atoms with Crippen molar-refractivity contribution in [2.45, 2.75) is 13.0 Å². The first kappa shape index (κ1) is 16.1. The van der Waals surface area contributed by atoms with E-state index in [1.54, 1.807) is 11.1 Å². The third-order valence-electron chi connectivity index (χ3n) is 4.21. The van der Waals surface area contributed by atoms with Crippen LogP contribution in [0.2, 0.25) is 0 Å². The quantitative estimate of drug-likeness (QED) is 0.708. The number of nitrogens with zero attached hydrogens (tertiary/aromatic N) is 2. The molecule has 0 unspecified atom stereocenters. The molecule has 2 aromatic carbocycles. The van der Waals surface area contributed by atoms with Crippen LogP contribution >= 0.6 is 0 Å². The largest absolute Gasteiger partial charge is 0.454 e. The number of para-hydroxylation sites is 1. The van der Waals surface area contributed by atoms with Crippen LogP contribution in [-0.2, 0) is 17.8 Å². The fraction of sp³-hybridized carbons (Fsp3) is 0.143. The van der Waals surface area contributed by atoms with Gasteiger partial charge in [0.2, 0.25) is 12.7 Å². The summed E-state index contributed by atoms with van der Waals surface area (Å²) >= 11 is 0. The highest BCUT2D eigenvalue weighted by atomic mass is 16.7. The van der Waals surface area contributed by atoms with E-state index in [1.165, 1.54) is 0 Å². The van der Waals surface area contributed by atoms with Gasteiger partial charge in [-0.25, -0.2) is 0 Å². The third-order valence-corrected chi connectivity index (χ3v) is 4.21. The van der Waals surface area contributed by atoms with Gasteiger partial charge in [0.15, 0.2) is 11.5 Å². The molecular formula is C21H18N2O3. The van der Waals surface area contributed by atoms with E-state index in [2.05, 4.69) is 4.98 Å². The summed E-state index contributed by atoms with van der Waals surface area (Å²) in [6.45, 7) is 0.650. The summed E-state index contributed by atoms with van der Waals surface area (Å²) in [5.41, 5.74) is 2.58. The van der Waals surface area contributed by atoms with E-state index in [0.717, 1.165) is 22.7 Å². The fourth-order valence-corrected chi connectivity index (χ4v) is 2.91. The van der Waals surface area contributed by atoms with E-state index in [0.29, 0.717) is 12.3 Å². The molecule has 0 spiro atoms. The summed E-state index contributed by atoms with van der Waals surface area (Å²) in [5.74, 6) is 1.40. The van der Waals surface area contributed by atoms with Crippen LogP contribution in [0.1, 0.15) is 11.3 Å². The zero-order valence-electron chi connectivity index (χ0n) is 14.2. The number of carbonyl (C=O) groups excluding carboxylic acids is 1. The average molecular weight is 346 g/mol. The molecule has 0 N–H and O–H groups in total. The number of aromatic nitrogens is 1. The molecule has 26 heavy (non-hydrogen) atoms. The van der Waals surface area contributed by atoms with Crippen LogP contribution in [0.5, 0.6) is 11.5 Å². The number of anilines is 1. The number of ether oxygens (including phenoxy) is 2. The van der Waals surface area contributed by atoms with Crippen molar-refractivity contribution < 1.29 is 14.3 Å². The van der Waals surface area contributed by atoms with Gasteiger partial charge in [0.25, 0.3) is 0 Å². The van der Waals surface area contributed by atoms with Gasteiger partial charge in [-0.05, 0) is 42.0 Å². The molecule has 0 fully saturated rings. The molecule has 0 saturated carbocycles. The van der Waals surface area contributed by atoms with Crippen molar-refractivity contribution in [3.05, 3.63) is 84.2 Å². The topological polar surface area (TPSA) is 51.7 Å². The molecule has 0 saturated heterocycles. The van der Waals surface area contributed by atoms with Crippen molar-refractivity contribution in [1.29, 1.82) is 0 Å². The number of pyridine rings is 1. The molecule has 0 radical (unpaired) electrons. The van der Waals surface area contributed by atoms with Crippen molar-refractivity contribution in [3.63, 3.8) is 0 Å². The zero-order chi connectivity index (χ0) is 17.8. The van der Waals surface area contributed by atoms with Crippen molar-refractivity contribution in [1.82, 2.24) is 4.98 Å². The van der Waals surface area contributed by atoms with Crippen LogP contribution in [0, 0.1) is 0 Å². The van der Waals surface area contributed by atoms with Gasteiger partial charge in [-0.3, -0.25) is 9.78 Å². The normalized spacial score (nSPS) is 12.0. The SMILES string of the molecule is O=C(Cc1ccc2c(c1)OCO2)N(Cc1ccccn1)c1ccccc1. The fourth-order valence-electron chi connectivity index (χ4n) is 2.91. The molecule has 3 aromatic rings. The van der Waals surface area contributed by atoms with Crippen LogP contribution in [0.15, 0.2) is 72.9 Å². The summed E-state index contributed by atoms with van der Waals surface area (Å²) in [7, 11) is 0. The minimum Gasteiger partial charge on any atom is -0.454 e. The molecule has 4 rings (SSSR count). The number of amides is 1. The third kappa shape index (κ3) is 3.52. The summed E-state index contributed by atoms with van der Waals surface area (Å²) in [6, 6.07) is 21.0. The smallest absolute Gasteiger partial charge is 0.231 e. The van der Waals surface area contributed by atoms with Crippen LogP contribution in [0.4, 0.5) is 5.69 Å². The van der Waals surface area contributed by atoms with E-state index in [4.69, 9.17) is 9.47 Å². The number of benzene rings is 2. The molecule has 0 atom stereocenters. The first-order valence-corrected chi connectivity index (χ1v) is 8.43. The Balaban J connectivity index is 1.57. The van der Waals surface area contributed by atoms with Crippen molar-refractivity contribution in [3.8, 4) is 11.5 Å². The number of fused-ring (bicyclic) bond motifs is 1. The second kappa shape index (κ2) is 7.27. The Morgan fingerprint density at radius 1 is 0.962 bits per heavy atom. The Morgan fingerprint density at radius 2 is 1.77 bits per heavy atom. The zero-order valence-corrected chi connectivity index (χ0v) is 14.2. The lowest BCUT2D eigenvalue weighted by atomic mass is 10.1. The van der Waals surface area contributed by atoms with E-state index in [1.807, 2.05) is 66.7 Å². The van der Waals surface area contributed by atoms with E-state index < -0.39 is 0 Å². The van der Waals surface area contributed by atoms with Gasteiger partial charge in [0.1, 0.15) is 0 Å². The Kier molecular flexibility index (Phi) is 4.51. The second-order valence-corrected chi connectivity index (χ2v) is 6.00. The van der Waals surface area contributed by atoms with Gasteiger partial charge < -0.3 is 14.4 Å². The molecule has 1 amide bonds. The molecule has 1 aliphatic rings. The summed E-state index contributed by atoms with van der Waals surface area (Å²) < 4.78 is 10.7. The van der Waals surface area contributed by atoms with E-state index in [9.17, 15) is 4.79 Å². The molecule has 0 bridgehead atoms. The first-order valence-electron chi connectivity index (χ1n) is 8.43.